The maximum Gasteiger partial charge on any atom is 0.407 e. The molecule has 2 rings (SSSR count). The minimum atomic E-state index is -0.856. The molecule has 0 radical (unpaired) electrons. The Morgan fingerprint density at radius 1 is 1.32 bits per heavy atom. The highest BCUT2D eigenvalue weighted by molar-refractivity contribution is 5.66. The first-order chi connectivity index (χ1) is 8.90. The number of aryl methyl sites for hydroxylation is 2. The van der Waals surface area contributed by atoms with Gasteiger partial charge < -0.3 is 14.9 Å². The van der Waals surface area contributed by atoms with Crippen LogP contribution in [0.2, 0.25) is 0 Å². The molecule has 1 aliphatic heterocycles. The molecule has 0 bridgehead atoms. The van der Waals surface area contributed by atoms with Crippen LogP contribution in [0.3, 0.4) is 0 Å². The molecule has 1 amide bonds. The Balaban J connectivity index is 2.27. The van der Waals surface area contributed by atoms with Gasteiger partial charge in [0.15, 0.2) is 5.82 Å². The summed E-state index contributed by atoms with van der Waals surface area (Å²) in [6.07, 6.45) is 0.895. The van der Waals surface area contributed by atoms with Gasteiger partial charge in [-0.3, -0.25) is 4.98 Å². The zero-order valence-electron chi connectivity index (χ0n) is 11.8. The van der Waals surface area contributed by atoms with E-state index in [2.05, 4.69) is 14.9 Å². The predicted octanol–water partition coefficient (Wildman–Crippen LogP) is 1.67. The second-order valence-corrected chi connectivity index (χ2v) is 5.21. The average Bonchev–Trinajstić information content (AvgIpc) is 2.34. The molecule has 1 aromatic heterocycles. The molecule has 1 saturated heterocycles. The largest absolute Gasteiger partial charge is 0.465 e. The molecule has 2 atom stereocenters. The van der Waals surface area contributed by atoms with E-state index in [0.29, 0.717) is 13.1 Å². The van der Waals surface area contributed by atoms with Crippen LogP contribution in [0.15, 0.2) is 6.20 Å². The van der Waals surface area contributed by atoms with Crippen LogP contribution in [0.5, 0.6) is 0 Å². The standard InChI is InChI=1S/C13H20N4O2/c1-8-5-14-11(4)12(15-8)16-6-10(3)17(13(18)19)7-9(16)2/h5,9-10H,6-7H2,1-4H3,(H,18,19)/t9-,10+/m0/s1. The number of anilines is 1. The zero-order valence-corrected chi connectivity index (χ0v) is 11.8. The van der Waals surface area contributed by atoms with Crippen LogP contribution < -0.4 is 4.90 Å². The molecular formula is C13H20N4O2. The molecule has 1 aromatic rings. The fourth-order valence-corrected chi connectivity index (χ4v) is 2.49. The summed E-state index contributed by atoms with van der Waals surface area (Å²) in [5, 5.41) is 9.16. The molecule has 0 unspecified atom stereocenters. The number of carboxylic acid groups (broad SMARTS) is 1. The van der Waals surface area contributed by atoms with Crippen LogP contribution in [-0.4, -0.2) is 51.2 Å². The Morgan fingerprint density at radius 2 is 2.00 bits per heavy atom. The highest BCUT2D eigenvalue weighted by Crippen LogP contribution is 2.23. The van der Waals surface area contributed by atoms with Crippen molar-refractivity contribution >= 4 is 11.9 Å². The molecule has 0 spiro atoms. The van der Waals surface area contributed by atoms with E-state index in [-0.39, 0.29) is 12.1 Å². The van der Waals surface area contributed by atoms with Crippen molar-refractivity contribution in [1.82, 2.24) is 14.9 Å². The van der Waals surface area contributed by atoms with Gasteiger partial charge in [-0.2, -0.15) is 0 Å². The number of hydrogen-bond acceptors (Lipinski definition) is 4. The summed E-state index contributed by atoms with van der Waals surface area (Å²) in [5.74, 6) is 0.865. The summed E-state index contributed by atoms with van der Waals surface area (Å²) in [6.45, 7) is 8.93. The van der Waals surface area contributed by atoms with Crippen LogP contribution in [0.25, 0.3) is 0 Å². The van der Waals surface area contributed by atoms with E-state index in [4.69, 9.17) is 5.11 Å². The maximum atomic E-state index is 11.2. The highest BCUT2D eigenvalue weighted by atomic mass is 16.4. The minimum Gasteiger partial charge on any atom is -0.465 e. The molecular weight excluding hydrogens is 244 g/mol. The molecule has 1 aliphatic rings. The number of rotatable bonds is 1. The number of hydrogen-bond donors (Lipinski definition) is 1. The lowest BCUT2D eigenvalue weighted by Gasteiger charge is -2.43. The number of aromatic nitrogens is 2. The lowest BCUT2D eigenvalue weighted by molar-refractivity contribution is 0.114. The Morgan fingerprint density at radius 3 is 2.63 bits per heavy atom. The van der Waals surface area contributed by atoms with Gasteiger partial charge in [-0.1, -0.05) is 0 Å². The van der Waals surface area contributed by atoms with Crippen LogP contribution in [0.1, 0.15) is 25.2 Å². The van der Waals surface area contributed by atoms with Crippen molar-refractivity contribution < 1.29 is 9.90 Å². The summed E-state index contributed by atoms with van der Waals surface area (Å²) >= 11 is 0. The van der Waals surface area contributed by atoms with Gasteiger partial charge in [0.2, 0.25) is 0 Å². The summed E-state index contributed by atoms with van der Waals surface area (Å²) in [5.41, 5.74) is 1.76. The van der Waals surface area contributed by atoms with E-state index in [0.717, 1.165) is 17.2 Å². The second kappa shape index (κ2) is 5.03. The normalized spacial score (nSPS) is 23.6. The molecule has 2 heterocycles. The fraction of sp³-hybridized carbons (Fsp3) is 0.615. The van der Waals surface area contributed by atoms with E-state index >= 15 is 0 Å². The van der Waals surface area contributed by atoms with Crippen molar-refractivity contribution in [2.75, 3.05) is 18.0 Å². The van der Waals surface area contributed by atoms with Crippen molar-refractivity contribution in [3.8, 4) is 0 Å². The number of carbonyl (C=O) groups is 1. The molecule has 0 aromatic carbocycles. The lowest BCUT2D eigenvalue weighted by atomic mass is 10.1. The molecule has 1 fully saturated rings. The third-order valence-electron chi connectivity index (χ3n) is 3.55. The first-order valence-electron chi connectivity index (χ1n) is 6.46. The van der Waals surface area contributed by atoms with Gasteiger partial charge in [-0.15, -0.1) is 0 Å². The van der Waals surface area contributed by atoms with Crippen molar-refractivity contribution in [2.24, 2.45) is 0 Å². The highest BCUT2D eigenvalue weighted by Gasteiger charge is 2.33. The Kier molecular flexibility index (Phi) is 3.59. The van der Waals surface area contributed by atoms with Crippen molar-refractivity contribution in [2.45, 2.75) is 39.8 Å². The molecule has 19 heavy (non-hydrogen) atoms. The summed E-state index contributed by atoms with van der Waals surface area (Å²) in [7, 11) is 0. The molecule has 104 valence electrons. The Bertz CT molecular complexity index is 492. The van der Waals surface area contributed by atoms with E-state index in [1.54, 1.807) is 6.20 Å². The zero-order chi connectivity index (χ0) is 14.2. The predicted molar refractivity (Wildman–Crippen MR) is 72.5 cm³/mol. The molecule has 6 heteroatoms. The van der Waals surface area contributed by atoms with Gasteiger partial charge >= 0.3 is 6.09 Å². The SMILES string of the molecule is Cc1cnc(C)c(N2C[C@@H](C)N(C(=O)O)C[C@@H]2C)n1. The Hall–Kier alpha value is -1.85. The molecule has 6 nitrogen and oxygen atoms in total. The van der Waals surface area contributed by atoms with Gasteiger partial charge in [0.1, 0.15) is 0 Å². The van der Waals surface area contributed by atoms with Crippen LogP contribution in [0.4, 0.5) is 10.6 Å². The maximum absolute atomic E-state index is 11.2. The van der Waals surface area contributed by atoms with E-state index in [1.807, 2.05) is 27.7 Å². The van der Waals surface area contributed by atoms with Crippen LogP contribution in [0, 0.1) is 13.8 Å². The second-order valence-electron chi connectivity index (χ2n) is 5.21. The van der Waals surface area contributed by atoms with Crippen molar-refractivity contribution in [3.05, 3.63) is 17.6 Å². The quantitative estimate of drug-likeness (QED) is 0.835. The third-order valence-corrected chi connectivity index (χ3v) is 3.55. The van der Waals surface area contributed by atoms with Crippen molar-refractivity contribution in [1.29, 1.82) is 0 Å². The smallest absolute Gasteiger partial charge is 0.407 e. The van der Waals surface area contributed by atoms with E-state index in [9.17, 15) is 4.79 Å². The summed E-state index contributed by atoms with van der Waals surface area (Å²) in [4.78, 5) is 23.7. The fourth-order valence-electron chi connectivity index (χ4n) is 2.49. The number of amides is 1. The van der Waals surface area contributed by atoms with Crippen molar-refractivity contribution in [3.63, 3.8) is 0 Å². The van der Waals surface area contributed by atoms with E-state index in [1.165, 1.54) is 4.90 Å². The summed E-state index contributed by atoms with van der Waals surface area (Å²) < 4.78 is 0. The summed E-state index contributed by atoms with van der Waals surface area (Å²) in [6, 6.07) is 0.0533. The molecule has 0 saturated carbocycles. The topological polar surface area (TPSA) is 69.6 Å². The van der Waals surface area contributed by atoms with Gasteiger partial charge in [0.25, 0.3) is 0 Å². The van der Waals surface area contributed by atoms with Crippen LogP contribution >= 0.6 is 0 Å². The van der Waals surface area contributed by atoms with Gasteiger partial charge in [0, 0.05) is 31.4 Å². The molecule has 1 N–H and O–H groups in total. The number of nitrogens with zero attached hydrogens (tertiary/aromatic N) is 4. The minimum absolute atomic E-state index is 0.0459. The van der Waals surface area contributed by atoms with Gasteiger partial charge in [-0.25, -0.2) is 9.78 Å². The van der Waals surface area contributed by atoms with E-state index < -0.39 is 6.09 Å². The van der Waals surface area contributed by atoms with Gasteiger partial charge in [-0.05, 0) is 27.7 Å². The first-order valence-corrected chi connectivity index (χ1v) is 6.46. The van der Waals surface area contributed by atoms with Gasteiger partial charge in [0.05, 0.1) is 11.4 Å². The lowest BCUT2D eigenvalue weighted by Crippen LogP contribution is -2.58. The average molecular weight is 264 g/mol. The Labute approximate surface area is 113 Å². The monoisotopic (exact) mass is 264 g/mol. The van der Waals surface area contributed by atoms with Crippen LogP contribution in [-0.2, 0) is 0 Å². The first kappa shape index (κ1) is 13.6. The third kappa shape index (κ3) is 2.62. The molecule has 0 aliphatic carbocycles. The number of piperazine rings is 1.